The number of amides is 3. The number of aromatic nitrogens is 4. The number of anilines is 3. The summed E-state index contributed by atoms with van der Waals surface area (Å²) in [6, 6.07) is 6.79. The first kappa shape index (κ1) is 31.1. The van der Waals surface area contributed by atoms with Crippen molar-refractivity contribution >= 4 is 52.6 Å². The standard InChI is InChI=1S/C29H38ClN9O5/c1-19-24(35-12-10-34(11-13-35)20(2)40)25(42)39-27(38(19)18-23(41)31-22-8-6-21(30)7-9-22)32-26(33-39)36-14-16-37(17-15-36)28(43)44-29(3,4)5/h6-9H,10-18H2,1-5H3,(H,31,41). The van der Waals surface area contributed by atoms with E-state index in [0.717, 1.165) is 0 Å². The second kappa shape index (κ2) is 12.3. The first-order valence-corrected chi connectivity index (χ1v) is 15.0. The predicted molar refractivity (Wildman–Crippen MR) is 167 cm³/mol. The number of carbonyl (C=O) groups is 3. The van der Waals surface area contributed by atoms with E-state index in [0.29, 0.717) is 80.4 Å². The molecule has 3 aromatic rings. The quantitative estimate of drug-likeness (QED) is 0.451. The van der Waals surface area contributed by atoms with Crippen LogP contribution in [-0.2, 0) is 20.9 Å². The van der Waals surface area contributed by atoms with Crippen LogP contribution in [0.2, 0.25) is 5.02 Å². The first-order chi connectivity index (χ1) is 20.8. The molecule has 0 unspecified atom stereocenters. The molecule has 236 valence electrons. The smallest absolute Gasteiger partial charge is 0.410 e. The number of piperazine rings is 2. The number of nitrogens with zero attached hydrogens (tertiary/aromatic N) is 8. The average Bonchev–Trinajstić information content (AvgIpc) is 3.42. The van der Waals surface area contributed by atoms with Crippen LogP contribution in [0.1, 0.15) is 33.4 Å². The largest absolute Gasteiger partial charge is 0.444 e. The Balaban J connectivity index is 1.45. The third-order valence-electron chi connectivity index (χ3n) is 7.65. The number of benzene rings is 1. The number of hydrogen-bond donors (Lipinski definition) is 1. The molecule has 0 atom stereocenters. The lowest BCUT2D eigenvalue weighted by Gasteiger charge is -2.36. The van der Waals surface area contributed by atoms with E-state index < -0.39 is 5.60 Å². The summed E-state index contributed by atoms with van der Waals surface area (Å²) < 4.78 is 8.43. The third kappa shape index (κ3) is 6.74. The Morgan fingerprint density at radius 2 is 1.52 bits per heavy atom. The minimum Gasteiger partial charge on any atom is -0.444 e. The summed E-state index contributed by atoms with van der Waals surface area (Å²) in [6.07, 6.45) is -0.378. The van der Waals surface area contributed by atoms with E-state index in [1.54, 1.807) is 45.6 Å². The number of fused-ring (bicyclic) bond motifs is 1. The van der Waals surface area contributed by atoms with Gasteiger partial charge in [-0.25, -0.2) is 4.79 Å². The predicted octanol–water partition coefficient (Wildman–Crippen LogP) is 2.22. The lowest BCUT2D eigenvalue weighted by Crippen LogP contribution is -2.50. The van der Waals surface area contributed by atoms with Gasteiger partial charge in [0.05, 0.1) is 0 Å². The van der Waals surface area contributed by atoms with Crippen molar-refractivity contribution in [2.24, 2.45) is 0 Å². The van der Waals surface area contributed by atoms with E-state index in [2.05, 4.69) is 10.4 Å². The van der Waals surface area contributed by atoms with E-state index in [9.17, 15) is 19.2 Å². The van der Waals surface area contributed by atoms with Gasteiger partial charge in [0.1, 0.15) is 17.8 Å². The molecule has 3 amide bonds. The number of hydrogen-bond acceptors (Lipinski definition) is 9. The molecule has 0 bridgehead atoms. The van der Waals surface area contributed by atoms with Crippen molar-refractivity contribution in [2.75, 3.05) is 67.5 Å². The van der Waals surface area contributed by atoms with E-state index in [1.807, 2.05) is 30.6 Å². The molecule has 1 aromatic carbocycles. The lowest BCUT2D eigenvalue weighted by molar-refractivity contribution is -0.129. The Morgan fingerprint density at radius 1 is 0.932 bits per heavy atom. The molecule has 4 heterocycles. The van der Waals surface area contributed by atoms with Gasteiger partial charge in [-0.1, -0.05) is 11.6 Å². The van der Waals surface area contributed by atoms with Gasteiger partial charge in [0.15, 0.2) is 0 Å². The fourth-order valence-corrected chi connectivity index (χ4v) is 5.49. The molecule has 2 aliphatic heterocycles. The number of halogens is 1. The molecule has 0 spiro atoms. The number of nitrogens with one attached hydrogen (secondary N) is 1. The SMILES string of the molecule is CC(=O)N1CCN(c2c(C)n(CC(=O)Nc3ccc(Cl)cc3)c3nc(N4CCN(C(=O)OC(C)(C)C)CC4)nn3c2=O)CC1. The summed E-state index contributed by atoms with van der Waals surface area (Å²) in [5.41, 5.74) is 0.614. The van der Waals surface area contributed by atoms with Crippen molar-refractivity contribution in [3.63, 3.8) is 0 Å². The second-order valence-electron chi connectivity index (χ2n) is 12.0. The van der Waals surface area contributed by atoms with Crippen molar-refractivity contribution in [1.82, 2.24) is 29.0 Å². The average molecular weight is 628 g/mol. The van der Waals surface area contributed by atoms with Crippen molar-refractivity contribution in [3.05, 3.63) is 45.3 Å². The lowest BCUT2D eigenvalue weighted by atomic mass is 10.2. The van der Waals surface area contributed by atoms with Gasteiger partial charge in [0, 0.05) is 75.7 Å². The molecular weight excluding hydrogens is 590 g/mol. The van der Waals surface area contributed by atoms with Crippen LogP contribution in [0.3, 0.4) is 0 Å². The zero-order chi connectivity index (χ0) is 31.8. The van der Waals surface area contributed by atoms with Gasteiger partial charge < -0.3 is 34.2 Å². The van der Waals surface area contributed by atoms with Gasteiger partial charge in [-0.2, -0.15) is 9.50 Å². The third-order valence-corrected chi connectivity index (χ3v) is 7.90. The molecule has 14 nitrogen and oxygen atoms in total. The van der Waals surface area contributed by atoms with Crippen molar-refractivity contribution < 1.29 is 19.1 Å². The molecule has 44 heavy (non-hydrogen) atoms. The highest BCUT2D eigenvalue weighted by Crippen LogP contribution is 2.22. The van der Waals surface area contributed by atoms with Gasteiger partial charge in [0.2, 0.25) is 23.5 Å². The summed E-state index contributed by atoms with van der Waals surface area (Å²) in [5, 5.41) is 8.02. The molecule has 2 aliphatic rings. The van der Waals surface area contributed by atoms with Crippen LogP contribution in [0.15, 0.2) is 29.1 Å². The van der Waals surface area contributed by atoms with Gasteiger partial charge in [-0.05, 0) is 52.0 Å². The van der Waals surface area contributed by atoms with E-state index in [4.69, 9.17) is 21.3 Å². The van der Waals surface area contributed by atoms with E-state index >= 15 is 0 Å². The van der Waals surface area contributed by atoms with Crippen LogP contribution in [0.4, 0.5) is 22.1 Å². The molecule has 2 aromatic heterocycles. The molecule has 15 heteroatoms. The zero-order valence-corrected chi connectivity index (χ0v) is 26.4. The topological polar surface area (TPSA) is 138 Å². The highest BCUT2D eigenvalue weighted by atomic mass is 35.5. The van der Waals surface area contributed by atoms with Gasteiger partial charge in [-0.3, -0.25) is 14.4 Å². The fraction of sp³-hybridized carbons (Fsp3) is 0.517. The molecule has 0 radical (unpaired) electrons. The Hall–Kier alpha value is -4.33. The maximum atomic E-state index is 13.9. The Bertz CT molecular complexity index is 1610. The molecule has 2 saturated heterocycles. The number of rotatable bonds is 5. The summed E-state index contributed by atoms with van der Waals surface area (Å²) in [4.78, 5) is 63.6. The van der Waals surface area contributed by atoms with Crippen molar-refractivity contribution in [2.45, 2.75) is 46.8 Å². The van der Waals surface area contributed by atoms with Gasteiger partial charge in [0.25, 0.3) is 5.56 Å². The maximum absolute atomic E-state index is 13.9. The first-order valence-electron chi connectivity index (χ1n) is 14.6. The molecule has 2 fully saturated rings. The van der Waals surface area contributed by atoms with Crippen molar-refractivity contribution in [1.29, 1.82) is 0 Å². The highest BCUT2D eigenvalue weighted by molar-refractivity contribution is 6.30. The number of ether oxygens (including phenoxy) is 1. The molecule has 5 rings (SSSR count). The second-order valence-corrected chi connectivity index (χ2v) is 12.4. The van der Waals surface area contributed by atoms with Crippen LogP contribution < -0.4 is 20.7 Å². The summed E-state index contributed by atoms with van der Waals surface area (Å²) in [7, 11) is 0. The Morgan fingerprint density at radius 3 is 2.11 bits per heavy atom. The number of carbonyl (C=O) groups excluding carboxylic acids is 3. The van der Waals surface area contributed by atoms with Crippen LogP contribution in [0.5, 0.6) is 0 Å². The fourth-order valence-electron chi connectivity index (χ4n) is 5.36. The minimum absolute atomic E-state index is 0.0132. The van der Waals surface area contributed by atoms with Crippen molar-refractivity contribution in [3.8, 4) is 0 Å². The van der Waals surface area contributed by atoms with Crippen LogP contribution in [-0.4, -0.2) is 105 Å². The van der Waals surface area contributed by atoms with E-state index in [1.165, 1.54) is 11.4 Å². The minimum atomic E-state index is -0.594. The Kier molecular flexibility index (Phi) is 8.73. The van der Waals surface area contributed by atoms with Crippen LogP contribution in [0.25, 0.3) is 5.78 Å². The maximum Gasteiger partial charge on any atom is 0.410 e. The summed E-state index contributed by atoms with van der Waals surface area (Å²) in [5.74, 6) is 0.231. The summed E-state index contributed by atoms with van der Waals surface area (Å²) >= 11 is 5.99. The zero-order valence-electron chi connectivity index (χ0n) is 25.7. The van der Waals surface area contributed by atoms with Crippen LogP contribution in [0, 0.1) is 6.92 Å². The van der Waals surface area contributed by atoms with Gasteiger partial charge >= 0.3 is 6.09 Å². The normalized spacial score (nSPS) is 16.0. The van der Waals surface area contributed by atoms with Crippen LogP contribution >= 0.6 is 11.6 Å². The Labute approximate surface area is 260 Å². The summed E-state index contributed by atoms with van der Waals surface area (Å²) in [6.45, 7) is 12.3. The monoisotopic (exact) mass is 627 g/mol. The van der Waals surface area contributed by atoms with E-state index in [-0.39, 0.29) is 35.8 Å². The van der Waals surface area contributed by atoms with Gasteiger partial charge in [-0.15, -0.1) is 5.10 Å². The molecule has 0 saturated carbocycles. The molecule has 1 N–H and O–H groups in total. The molecular formula is C29H38ClN9O5. The molecule has 0 aliphatic carbocycles. The highest BCUT2D eigenvalue weighted by Gasteiger charge is 2.30.